The lowest BCUT2D eigenvalue weighted by atomic mass is 10.1. The van der Waals surface area contributed by atoms with Crippen LogP contribution in [0.3, 0.4) is 0 Å². The van der Waals surface area contributed by atoms with Crippen LogP contribution < -0.4 is 0 Å². The fraction of sp³-hybridized carbons (Fsp3) is 1.00. The molecule has 0 aromatic heterocycles. The van der Waals surface area contributed by atoms with Crippen molar-refractivity contribution in [2.45, 2.75) is 50.9 Å². The van der Waals surface area contributed by atoms with Gasteiger partial charge in [0.25, 0.3) is 0 Å². The zero-order chi connectivity index (χ0) is 8.29. The van der Waals surface area contributed by atoms with E-state index in [0.717, 1.165) is 24.2 Å². The van der Waals surface area contributed by atoms with Crippen LogP contribution in [0.4, 0.5) is 0 Å². The highest BCUT2D eigenvalue weighted by Crippen LogP contribution is 2.49. The zero-order valence-electron chi connectivity index (χ0n) is 8.03. The van der Waals surface area contributed by atoms with Crippen LogP contribution in [0.1, 0.15) is 26.7 Å². The summed E-state index contributed by atoms with van der Waals surface area (Å²) in [7, 11) is 0. The smallest absolute Gasteiger partial charge is 0.0386 e. The Bertz CT molecular complexity index is 196. The van der Waals surface area contributed by atoms with Crippen LogP contribution in [0, 0.1) is 0 Å². The average Bonchev–Trinajstić information content (AvgIpc) is 2.69. The molecule has 0 aromatic carbocycles. The molecular formula is C10H18N2. The standard InChI is InChI=1S/C10H18N2/c1-3-7(2)11-5-8-4-9-10(6-11)12(8)9/h7-10H,3-6H2,1-2H3. The Morgan fingerprint density at radius 2 is 2.17 bits per heavy atom. The van der Waals surface area contributed by atoms with Gasteiger partial charge in [0.1, 0.15) is 0 Å². The third-order valence-electron chi connectivity index (χ3n) is 4.14. The van der Waals surface area contributed by atoms with Gasteiger partial charge in [-0.1, -0.05) is 6.92 Å². The Morgan fingerprint density at radius 1 is 1.33 bits per heavy atom. The van der Waals surface area contributed by atoms with Crippen molar-refractivity contribution in [2.75, 3.05) is 13.1 Å². The maximum absolute atomic E-state index is 2.71. The van der Waals surface area contributed by atoms with Gasteiger partial charge in [-0.25, -0.2) is 0 Å². The molecule has 0 bridgehead atoms. The number of hydrogen-bond acceptors (Lipinski definition) is 2. The summed E-state index contributed by atoms with van der Waals surface area (Å²) in [5, 5.41) is 0. The second-order valence-electron chi connectivity index (χ2n) is 4.68. The lowest BCUT2D eigenvalue weighted by Gasteiger charge is -2.38. The molecule has 0 radical (unpaired) electrons. The van der Waals surface area contributed by atoms with Crippen LogP contribution in [-0.2, 0) is 0 Å². The van der Waals surface area contributed by atoms with Crippen LogP contribution in [0.2, 0.25) is 0 Å². The van der Waals surface area contributed by atoms with Gasteiger partial charge in [0, 0.05) is 37.3 Å². The van der Waals surface area contributed by atoms with Crippen molar-refractivity contribution < 1.29 is 0 Å². The number of nitrogens with zero attached hydrogens (tertiary/aromatic N) is 2. The molecule has 3 rings (SSSR count). The SMILES string of the molecule is CCC(C)N1CC2CC3C(C1)N23. The molecule has 0 saturated carbocycles. The van der Waals surface area contributed by atoms with Crippen LogP contribution in [0.5, 0.6) is 0 Å². The number of rotatable bonds is 2. The topological polar surface area (TPSA) is 6.25 Å². The first kappa shape index (κ1) is 7.34. The zero-order valence-corrected chi connectivity index (χ0v) is 8.03. The van der Waals surface area contributed by atoms with E-state index >= 15 is 0 Å². The van der Waals surface area contributed by atoms with E-state index in [2.05, 4.69) is 23.6 Å². The highest BCUT2D eigenvalue weighted by atomic mass is 15.5. The Balaban J connectivity index is 1.67. The second kappa shape index (κ2) is 2.24. The van der Waals surface area contributed by atoms with Crippen LogP contribution >= 0.6 is 0 Å². The first-order chi connectivity index (χ1) is 5.81. The van der Waals surface area contributed by atoms with Gasteiger partial charge >= 0.3 is 0 Å². The minimum atomic E-state index is 0.814. The molecule has 0 spiro atoms. The van der Waals surface area contributed by atoms with E-state index in [1.54, 1.807) is 0 Å². The van der Waals surface area contributed by atoms with Crippen LogP contribution in [0.25, 0.3) is 0 Å². The van der Waals surface area contributed by atoms with Crippen LogP contribution in [0.15, 0.2) is 0 Å². The molecule has 3 fully saturated rings. The maximum atomic E-state index is 2.71. The van der Waals surface area contributed by atoms with Gasteiger partial charge < -0.3 is 0 Å². The Morgan fingerprint density at radius 3 is 2.83 bits per heavy atom. The lowest BCUT2D eigenvalue weighted by Crippen LogP contribution is -2.49. The fourth-order valence-corrected chi connectivity index (χ4v) is 3.03. The number of likely N-dealkylation sites (tertiary alicyclic amines) is 1. The third-order valence-corrected chi connectivity index (χ3v) is 4.14. The van der Waals surface area contributed by atoms with Crippen molar-refractivity contribution in [1.82, 2.24) is 9.80 Å². The van der Waals surface area contributed by atoms with Crippen molar-refractivity contribution in [1.29, 1.82) is 0 Å². The molecule has 2 heteroatoms. The highest BCUT2D eigenvalue weighted by Gasteiger charge is 2.63. The molecular weight excluding hydrogens is 148 g/mol. The summed E-state index contributed by atoms with van der Waals surface area (Å²) in [5.41, 5.74) is 0. The van der Waals surface area contributed by atoms with Gasteiger partial charge in [-0.3, -0.25) is 9.80 Å². The van der Waals surface area contributed by atoms with Crippen molar-refractivity contribution >= 4 is 0 Å². The maximum Gasteiger partial charge on any atom is 0.0386 e. The van der Waals surface area contributed by atoms with E-state index in [4.69, 9.17) is 0 Å². The fourth-order valence-electron chi connectivity index (χ4n) is 3.03. The van der Waals surface area contributed by atoms with Gasteiger partial charge in [0.15, 0.2) is 0 Å². The molecule has 12 heavy (non-hydrogen) atoms. The van der Waals surface area contributed by atoms with Crippen LogP contribution in [-0.4, -0.2) is 47.1 Å². The second-order valence-corrected chi connectivity index (χ2v) is 4.68. The van der Waals surface area contributed by atoms with E-state index in [1.807, 2.05) is 0 Å². The molecule has 0 N–H and O–H groups in total. The first-order valence-electron chi connectivity index (χ1n) is 5.32. The van der Waals surface area contributed by atoms with Crippen molar-refractivity contribution in [3.63, 3.8) is 0 Å². The summed E-state index contributed by atoms with van der Waals surface area (Å²) < 4.78 is 0. The van der Waals surface area contributed by atoms with E-state index in [1.165, 1.54) is 25.9 Å². The first-order valence-corrected chi connectivity index (χ1v) is 5.32. The van der Waals surface area contributed by atoms with E-state index in [9.17, 15) is 0 Å². The summed E-state index contributed by atoms with van der Waals surface area (Å²) in [5.74, 6) is 0. The minimum absolute atomic E-state index is 0.814. The van der Waals surface area contributed by atoms with Crippen molar-refractivity contribution in [2.24, 2.45) is 0 Å². The minimum Gasteiger partial charge on any atom is -0.298 e. The van der Waals surface area contributed by atoms with E-state index in [-0.39, 0.29) is 0 Å². The Kier molecular flexibility index (Phi) is 1.37. The third kappa shape index (κ3) is 0.775. The molecule has 5 unspecified atom stereocenters. The van der Waals surface area contributed by atoms with Gasteiger partial charge in [0.2, 0.25) is 0 Å². The average molecular weight is 166 g/mol. The van der Waals surface area contributed by atoms with Crippen molar-refractivity contribution in [3.8, 4) is 0 Å². The monoisotopic (exact) mass is 166 g/mol. The molecule has 2 nitrogen and oxygen atoms in total. The molecule has 0 aliphatic carbocycles. The molecule has 0 amide bonds. The molecule has 68 valence electrons. The summed E-state index contributed by atoms with van der Waals surface area (Å²) in [6.45, 7) is 7.38. The predicted octanol–water partition coefficient (Wildman–Crippen LogP) is 0.926. The number of hydrogen-bond donors (Lipinski definition) is 0. The van der Waals surface area contributed by atoms with E-state index in [0.29, 0.717) is 0 Å². The van der Waals surface area contributed by atoms with Gasteiger partial charge in [-0.2, -0.15) is 0 Å². The molecule has 0 aromatic rings. The molecule has 3 heterocycles. The lowest BCUT2D eigenvalue weighted by molar-refractivity contribution is 0.0929. The highest BCUT2D eigenvalue weighted by molar-refractivity contribution is 5.20. The van der Waals surface area contributed by atoms with Gasteiger partial charge in [-0.05, 0) is 19.8 Å². The Labute approximate surface area is 74.5 Å². The molecule has 3 saturated heterocycles. The van der Waals surface area contributed by atoms with Gasteiger partial charge in [0.05, 0.1) is 0 Å². The van der Waals surface area contributed by atoms with Crippen molar-refractivity contribution in [3.05, 3.63) is 0 Å². The summed E-state index contributed by atoms with van der Waals surface area (Å²) in [4.78, 5) is 5.40. The number of piperazine rings is 1. The summed E-state index contributed by atoms with van der Waals surface area (Å²) in [6.07, 6.45) is 2.81. The van der Waals surface area contributed by atoms with E-state index < -0.39 is 0 Å². The predicted molar refractivity (Wildman–Crippen MR) is 49.1 cm³/mol. The molecule has 3 aliphatic rings. The molecule has 3 aliphatic heterocycles. The quantitative estimate of drug-likeness (QED) is 0.563. The van der Waals surface area contributed by atoms with Gasteiger partial charge in [-0.15, -0.1) is 0 Å². The normalized spacial score (nSPS) is 52.5. The number of fused-ring (bicyclic) bond motifs is 1. The largest absolute Gasteiger partial charge is 0.298 e. The molecule has 5 atom stereocenters. The Hall–Kier alpha value is -0.0800. The summed E-state index contributed by atoms with van der Waals surface area (Å²) >= 11 is 0. The summed E-state index contributed by atoms with van der Waals surface area (Å²) in [6, 6.07) is 3.75.